The molecule has 3 aromatic rings. The molecule has 1 unspecified atom stereocenters. The van der Waals surface area contributed by atoms with Gasteiger partial charge in [0.05, 0.1) is 23.7 Å². The van der Waals surface area contributed by atoms with Crippen molar-refractivity contribution >= 4 is 34.1 Å². The number of aromatic nitrogens is 4. The summed E-state index contributed by atoms with van der Waals surface area (Å²) in [5.41, 5.74) is 11.5. The number of thioether (sulfide) groups is 1. The second-order valence-corrected chi connectivity index (χ2v) is 9.12. The number of carbonyl (C=O) groups is 1. The van der Waals surface area contributed by atoms with E-state index < -0.39 is 0 Å². The monoisotopic (exact) mass is 414 g/mol. The molecule has 1 aromatic carbocycles. The lowest BCUT2D eigenvalue weighted by molar-refractivity contribution is -0.119. The molecule has 1 amide bonds. The van der Waals surface area contributed by atoms with E-state index in [9.17, 15) is 4.79 Å². The van der Waals surface area contributed by atoms with Crippen molar-refractivity contribution in [1.29, 1.82) is 0 Å². The molecule has 146 valence electrons. The highest BCUT2D eigenvalue weighted by atomic mass is 32.2. The quantitative estimate of drug-likeness (QED) is 0.622. The molecule has 0 aliphatic heterocycles. The Morgan fingerprint density at radius 2 is 2.25 bits per heavy atom. The minimum Gasteiger partial charge on any atom is -0.374 e. The average molecular weight is 415 g/mol. The summed E-state index contributed by atoms with van der Waals surface area (Å²) in [6, 6.07) is 6.27. The number of nitrogens with two attached hydrogens (primary N) is 1. The number of rotatable bonds is 5. The van der Waals surface area contributed by atoms with E-state index >= 15 is 0 Å². The number of anilines is 1. The van der Waals surface area contributed by atoms with E-state index in [0.717, 1.165) is 30.5 Å². The van der Waals surface area contributed by atoms with Gasteiger partial charge in [-0.15, -0.1) is 10.2 Å². The van der Waals surface area contributed by atoms with Gasteiger partial charge in [-0.2, -0.15) is 5.10 Å². The van der Waals surface area contributed by atoms with Crippen LogP contribution < -0.4 is 11.1 Å². The van der Waals surface area contributed by atoms with Gasteiger partial charge in [0, 0.05) is 11.3 Å². The van der Waals surface area contributed by atoms with Crippen LogP contribution in [-0.2, 0) is 11.2 Å². The third kappa shape index (κ3) is 3.77. The molecule has 1 aliphatic rings. The molecule has 2 aromatic heterocycles. The van der Waals surface area contributed by atoms with Crippen LogP contribution in [0.1, 0.15) is 41.3 Å². The minimum atomic E-state index is -0.0175. The van der Waals surface area contributed by atoms with Crippen molar-refractivity contribution in [3.8, 4) is 5.69 Å². The van der Waals surface area contributed by atoms with Crippen molar-refractivity contribution in [3.63, 3.8) is 0 Å². The molecular weight excluding hydrogens is 392 g/mol. The number of hydrogen-bond acceptors (Lipinski definition) is 7. The van der Waals surface area contributed by atoms with Crippen LogP contribution in [0.15, 0.2) is 28.7 Å². The van der Waals surface area contributed by atoms with Crippen LogP contribution >= 0.6 is 23.1 Å². The smallest absolute Gasteiger partial charge is 0.230 e. The molecule has 28 heavy (non-hydrogen) atoms. The molecule has 1 atom stereocenters. The topological polar surface area (TPSA) is 98.7 Å². The highest BCUT2D eigenvalue weighted by molar-refractivity contribution is 8.01. The maximum absolute atomic E-state index is 12.4. The number of fused-ring (bicyclic) bond motifs is 1. The zero-order valence-electron chi connectivity index (χ0n) is 15.8. The lowest BCUT2D eigenvalue weighted by Gasteiger charge is -2.24. The standard InChI is InChI=1S/C19H22N6OS2/c1-11-5-3-7-15(12(11)2)25-16-8-4-6-14(13(16)9-21-25)22-17(26)10-27-19-24-23-18(20)28-19/h3,5,7,9,14H,4,6,8,10H2,1-2H3,(H2,20,23)(H,22,26). The van der Waals surface area contributed by atoms with Crippen LogP contribution in [0.2, 0.25) is 0 Å². The first-order chi connectivity index (χ1) is 13.5. The normalized spacial score (nSPS) is 16.0. The first kappa shape index (κ1) is 18.9. The van der Waals surface area contributed by atoms with Gasteiger partial charge >= 0.3 is 0 Å². The Balaban J connectivity index is 1.49. The fraction of sp³-hybridized carbons (Fsp3) is 0.368. The number of carbonyl (C=O) groups excluding carboxylic acids is 1. The summed E-state index contributed by atoms with van der Waals surface area (Å²) in [6.07, 6.45) is 4.82. The van der Waals surface area contributed by atoms with Gasteiger partial charge in [-0.1, -0.05) is 35.2 Å². The molecule has 2 heterocycles. The number of nitrogens with one attached hydrogen (secondary N) is 1. The molecule has 0 fully saturated rings. The van der Waals surface area contributed by atoms with Crippen LogP contribution in [0.3, 0.4) is 0 Å². The van der Waals surface area contributed by atoms with E-state index in [1.165, 1.54) is 39.9 Å². The van der Waals surface area contributed by atoms with E-state index in [1.54, 1.807) is 0 Å². The van der Waals surface area contributed by atoms with Crippen LogP contribution in [-0.4, -0.2) is 31.6 Å². The van der Waals surface area contributed by atoms with Crippen molar-refractivity contribution in [2.24, 2.45) is 0 Å². The Morgan fingerprint density at radius 1 is 1.39 bits per heavy atom. The van der Waals surface area contributed by atoms with E-state index in [4.69, 9.17) is 5.73 Å². The lowest BCUT2D eigenvalue weighted by Crippen LogP contribution is -2.32. The Morgan fingerprint density at radius 3 is 3.04 bits per heavy atom. The first-order valence-electron chi connectivity index (χ1n) is 9.17. The molecular formula is C19H22N6OS2. The van der Waals surface area contributed by atoms with E-state index in [1.807, 2.05) is 10.9 Å². The minimum absolute atomic E-state index is 0.00444. The number of benzene rings is 1. The van der Waals surface area contributed by atoms with Crippen molar-refractivity contribution in [2.75, 3.05) is 11.5 Å². The van der Waals surface area contributed by atoms with E-state index in [2.05, 4.69) is 52.7 Å². The summed E-state index contributed by atoms with van der Waals surface area (Å²) >= 11 is 2.65. The molecule has 9 heteroatoms. The Kier molecular flexibility index (Phi) is 5.36. The number of amides is 1. The fourth-order valence-electron chi connectivity index (χ4n) is 3.52. The molecule has 0 saturated carbocycles. The third-order valence-electron chi connectivity index (χ3n) is 5.07. The maximum atomic E-state index is 12.4. The van der Waals surface area contributed by atoms with Crippen molar-refractivity contribution in [3.05, 3.63) is 46.8 Å². The molecule has 1 aliphatic carbocycles. The van der Waals surface area contributed by atoms with Gasteiger partial charge in [0.15, 0.2) is 4.34 Å². The SMILES string of the molecule is Cc1cccc(-n2ncc3c2CCCC3NC(=O)CSc2nnc(N)s2)c1C. The Hall–Kier alpha value is -2.39. The number of aryl methyl sites for hydroxylation is 1. The summed E-state index contributed by atoms with van der Waals surface area (Å²) in [5, 5.41) is 15.9. The predicted molar refractivity (Wildman–Crippen MR) is 112 cm³/mol. The summed E-state index contributed by atoms with van der Waals surface area (Å²) in [5.74, 6) is 0.280. The Bertz CT molecular complexity index is 1010. The molecule has 4 rings (SSSR count). The summed E-state index contributed by atoms with van der Waals surface area (Å²) in [4.78, 5) is 12.4. The van der Waals surface area contributed by atoms with Gasteiger partial charge in [-0.25, -0.2) is 4.68 Å². The zero-order valence-corrected chi connectivity index (χ0v) is 17.4. The second-order valence-electron chi connectivity index (χ2n) is 6.88. The summed E-state index contributed by atoms with van der Waals surface area (Å²) in [6.45, 7) is 4.24. The highest BCUT2D eigenvalue weighted by Crippen LogP contribution is 2.32. The molecule has 3 N–H and O–H groups in total. The average Bonchev–Trinajstić information content (AvgIpc) is 3.29. The van der Waals surface area contributed by atoms with Crippen LogP contribution in [0, 0.1) is 13.8 Å². The number of hydrogen-bond donors (Lipinski definition) is 2. The van der Waals surface area contributed by atoms with Crippen molar-refractivity contribution in [1.82, 2.24) is 25.3 Å². The first-order valence-corrected chi connectivity index (χ1v) is 11.0. The Labute approximate surface area is 171 Å². The van der Waals surface area contributed by atoms with Crippen LogP contribution in [0.4, 0.5) is 5.13 Å². The zero-order chi connectivity index (χ0) is 19.7. The number of nitrogens with zero attached hydrogens (tertiary/aromatic N) is 4. The van der Waals surface area contributed by atoms with Gasteiger partial charge in [0.25, 0.3) is 0 Å². The summed E-state index contributed by atoms with van der Waals surface area (Å²) < 4.78 is 2.74. The molecule has 0 radical (unpaired) electrons. The van der Waals surface area contributed by atoms with Gasteiger partial charge in [-0.3, -0.25) is 4.79 Å². The third-order valence-corrected chi connectivity index (χ3v) is 6.96. The largest absolute Gasteiger partial charge is 0.374 e. The van der Waals surface area contributed by atoms with Crippen molar-refractivity contribution in [2.45, 2.75) is 43.5 Å². The van der Waals surface area contributed by atoms with Crippen LogP contribution in [0.25, 0.3) is 5.69 Å². The summed E-state index contributed by atoms with van der Waals surface area (Å²) in [7, 11) is 0. The molecule has 0 bridgehead atoms. The van der Waals surface area contributed by atoms with E-state index in [-0.39, 0.29) is 11.9 Å². The maximum Gasteiger partial charge on any atom is 0.230 e. The van der Waals surface area contributed by atoms with Gasteiger partial charge in [0.2, 0.25) is 11.0 Å². The van der Waals surface area contributed by atoms with Gasteiger partial charge < -0.3 is 11.1 Å². The second kappa shape index (κ2) is 7.92. The predicted octanol–water partition coefficient (Wildman–Crippen LogP) is 3.21. The lowest BCUT2D eigenvalue weighted by atomic mass is 9.92. The number of nitrogen functional groups attached to an aromatic ring is 1. The van der Waals surface area contributed by atoms with E-state index in [0.29, 0.717) is 15.2 Å². The highest BCUT2D eigenvalue weighted by Gasteiger charge is 2.26. The van der Waals surface area contributed by atoms with Gasteiger partial charge in [0.1, 0.15) is 0 Å². The fourth-order valence-corrected chi connectivity index (χ4v) is 4.97. The van der Waals surface area contributed by atoms with Crippen molar-refractivity contribution < 1.29 is 4.79 Å². The van der Waals surface area contributed by atoms with Gasteiger partial charge in [-0.05, 0) is 50.3 Å². The molecule has 7 nitrogen and oxygen atoms in total. The molecule has 0 saturated heterocycles. The van der Waals surface area contributed by atoms with Crippen LogP contribution in [0.5, 0.6) is 0 Å². The molecule has 0 spiro atoms.